The molecule has 1 saturated heterocycles. The lowest BCUT2D eigenvalue weighted by atomic mass is 9.88. The standard InChI is InChI=1S/C37H47F3N4O4/c1-9-27-25(10-11-43-18-37(8,40)19-43)17-44(36(48)42-27)29(12-20(2)3)35(47)41-28(16-30(45)46)32-33(38)24(7)15-26(34(32)39)31-22(5)13-21(4)14-23(31)6/h13-15,17,20,28-29H,9-12,16,18-19H2,1-8H3,(H,41,47)(H,45,46)/t28-,29-/m0/s1. The van der Waals surface area contributed by atoms with Crippen LogP contribution in [0.15, 0.2) is 29.2 Å². The summed E-state index contributed by atoms with van der Waals surface area (Å²) in [6.07, 6.45) is 1.93. The fraction of sp³-hybridized carbons (Fsp3) is 0.514. The number of amides is 1. The van der Waals surface area contributed by atoms with Gasteiger partial charge in [0.15, 0.2) is 0 Å². The number of carboxylic acids is 1. The van der Waals surface area contributed by atoms with Gasteiger partial charge in [0, 0.05) is 37.0 Å². The number of likely N-dealkylation sites (tertiary alicyclic amines) is 1. The maximum absolute atomic E-state index is 16.5. The van der Waals surface area contributed by atoms with Gasteiger partial charge in [0.25, 0.3) is 0 Å². The Balaban J connectivity index is 1.76. The summed E-state index contributed by atoms with van der Waals surface area (Å²) in [5, 5.41) is 12.4. The predicted molar refractivity (Wildman–Crippen MR) is 180 cm³/mol. The van der Waals surface area contributed by atoms with Crippen LogP contribution >= 0.6 is 0 Å². The third-order valence-electron chi connectivity index (χ3n) is 9.00. The van der Waals surface area contributed by atoms with Gasteiger partial charge in [-0.1, -0.05) is 38.5 Å². The van der Waals surface area contributed by atoms with Crippen LogP contribution in [0.25, 0.3) is 11.1 Å². The van der Waals surface area contributed by atoms with Gasteiger partial charge in [-0.05, 0) is 93.7 Å². The summed E-state index contributed by atoms with van der Waals surface area (Å²) in [6.45, 7) is 15.3. The van der Waals surface area contributed by atoms with Gasteiger partial charge >= 0.3 is 11.7 Å². The van der Waals surface area contributed by atoms with Crippen LogP contribution in [0.5, 0.6) is 0 Å². The van der Waals surface area contributed by atoms with Crippen molar-refractivity contribution in [2.45, 2.75) is 98.8 Å². The Morgan fingerprint density at radius 2 is 1.67 bits per heavy atom. The zero-order valence-corrected chi connectivity index (χ0v) is 29.1. The number of hydrogen-bond acceptors (Lipinski definition) is 5. The number of halogens is 3. The van der Waals surface area contributed by atoms with E-state index >= 15 is 8.78 Å². The first-order valence-corrected chi connectivity index (χ1v) is 16.5. The lowest BCUT2D eigenvalue weighted by molar-refractivity contribution is -0.138. The molecule has 0 bridgehead atoms. The van der Waals surface area contributed by atoms with Crippen LogP contribution in [0.3, 0.4) is 0 Å². The van der Waals surface area contributed by atoms with Gasteiger partial charge in [-0.3, -0.25) is 19.1 Å². The number of carbonyl (C=O) groups excluding carboxylic acids is 1. The highest BCUT2D eigenvalue weighted by Gasteiger charge is 2.38. The van der Waals surface area contributed by atoms with Crippen molar-refractivity contribution in [3.63, 3.8) is 0 Å². The first-order valence-electron chi connectivity index (χ1n) is 16.5. The van der Waals surface area contributed by atoms with Crippen LogP contribution in [0.2, 0.25) is 0 Å². The second-order valence-electron chi connectivity index (χ2n) is 14.0. The average Bonchev–Trinajstić information content (AvgIpc) is 2.95. The van der Waals surface area contributed by atoms with E-state index in [1.54, 1.807) is 13.1 Å². The molecule has 1 aromatic heterocycles. The van der Waals surface area contributed by atoms with E-state index in [1.807, 2.05) is 58.6 Å². The third-order valence-corrected chi connectivity index (χ3v) is 9.00. The fourth-order valence-corrected chi connectivity index (χ4v) is 6.95. The zero-order valence-electron chi connectivity index (χ0n) is 29.1. The van der Waals surface area contributed by atoms with Gasteiger partial charge in [0.2, 0.25) is 5.91 Å². The molecular weight excluding hydrogens is 621 g/mol. The molecule has 0 unspecified atom stereocenters. The Kier molecular flexibility index (Phi) is 11.2. The molecule has 2 heterocycles. The number of carbonyl (C=O) groups is 2. The van der Waals surface area contributed by atoms with Crippen LogP contribution in [-0.2, 0) is 22.4 Å². The van der Waals surface area contributed by atoms with Crippen molar-refractivity contribution in [1.29, 1.82) is 0 Å². The first-order chi connectivity index (χ1) is 22.4. The molecule has 1 aliphatic heterocycles. The highest BCUT2D eigenvalue weighted by Crippen LogP contribution is 2.37. The number of hydrogen-bond donors (Lipinski definition) is 2. The second kappa shape index (κ2) is 14.6. The molecule has 1 aliphatic rings. The lowest BCUT2D eigenvalue weighted by Crippen LogP contribution is -2.57. The molecular formula is C37H47F3N4O4. The highest BCUT2D eigenvalue weighted by atomic mass is 19.1. The molecule has 2 atom stereocenters. The monoisotopic (exact) mass is 668 g/mol. The quantitative estimate of drug-likeness (QED) is 0.216. The Morgan fingerprint density at radius 1 is 1.04 bits per heavy atom. The number of benzene rings is 2. The minimum atomic E-state index is -1.58. The summed E-state index contributed by atoms with van der Waals surface area (Å²) in [6, 6.07) is 2.46. The van der Waals surface area contributed by atoms with Gasteiger partial charge in [-0.15, -0.1) is 0 Å². The van der Waals surface area contributed by atoms with Crippen molar-refractivity contribution in [1.82, 2.24) is 19.8 Å². The first kappa shape index (κ1) is 36.8. The van der Waals surface area contributed by atoms with Crippen molar-refractivity contribution in [2.24, 2.45) is 5.92 Å². The molecule has 2 N–H and O–H groups in total. The van der Waals surface area contributed by atoms with Crippen molar-refractivity contribution in [3.8, 4) is 11.1 Å². The Hall–Kier alpha value is -3.99. The largest absolute Gasteiger partial charge is 0.481 e. The molecule has 3 aromatic rings. The van der Waals surface area contributed by atoms with Crippen LogP contribution < -0.4 is 11.0 Å². The van der Waals surface area contributed by atoms with E-state index in [4.69, 9.17) is 0 Å². The van der Waals surface area contributed by atoms with Crippen LogP contribution in [0.1, 0.15) is 91.7 Å². The van der Waals surface area contributed by atoms with Crippen molar-refractivity contribution in [2.75, 3.05) is 19.6 Å². The van der Waals surface area contributed by atoms with E-state index in [1.165, 1.54) is 17.6 Å². The maximum Gasteiger partial charge on any atom is 0.348 e. The summed E-state index contributed by atoms with van der Waals surface area (Å²) >= 11 is 0. The van der Waals surface area contributed by atoms with Crippen LogP contribution in [-0.4, -0.2) is 56.7 Å². The number of alkyl halides is 1. The zero-order chi connectivity index (χ0) is 35.7. The number of aliphatic carboxylic acids is 1. The van der Waals surface area contributed by atoms with Crippen LogP contribution in [0, 0.1) is 45.2 Å². The topological polar surface area (TPSA) is 105 Å². The number of nitrogens with zero attached hydrogens (tertiary/aromatic N) is 3. The van der Waals surface area contributed by atoms with Crippen molar-refractivity contribution >= 4 is 11.9 Å². The Bertz CT molecular complexity index is 1740. The predicted octanol–water partition coefficient (Wildman–Crippen LogP) is 6.49. The summed E-state index contributed by atoms with van der Waals surface area (Å²) in [7, 11) is 0. The third kappa shape index (κ3) is 8.17. The number of nitrogens with one attached hydrogen (secondary N) is 1. The molecule has 8 nitrogen and oxygen atoms in total. The number of carboxylic acid groups (broad SMARTS) is 1. The minimum absolute atomic E-state index is 0.0882. The summed E-state index contributed by atoms with van der Waals surface area (Å²) in [5.74, 6) is -4.11. The second-order valence-corrected chi connectivity index (χ2v) is 14.0. The molecule has 260 valence electrons. The van der Waals surface area contributed by atoms with Crippen molar-refractivity contribution in [3.05, 3.63) is 85.6 Å². The Morgan fingerprint density at radius 3 is 2.21 bits per heavy atom. The average molecular weight is 669 g/mol. The molecule has 48 heavy (non-hydrogen) atoms. The maximum atomic E-state index is 16.5. The van der Waals surface area contributed by atoms with Gasteiger partial charge < -0.3 is 10.4 Å². The summed E-state index contributed by atoms with van der Waals surface area (Å²) in [4.78, 5) is 45.7. The smallest absolute Gasteiger partial charge is 0.348 e. The van der Waals surface area contributed by atoms with E-state index in [0.717, 1.165) is 22.3 Å². The van der Waals surface area contributed by atoms with Gasteiger partial charge in [0.05, 0.1) is 18.2 Å². The summed E-state index contributed by atoms with van der Waals surface area (Å²) < 4.78 is 47.7. The molecule has 0 saturated carbocycles. The number of aryl methyl sites for hydroxylation is 5. The van der Waals surface area contributed by atoms with E-state index in [-0.39, 0.29) is 23.5 Å². The van der Waals surface area contributed by atoms with E-state index in [9.17, 15) is 23.9 Å². The van der Waals surface area contributed by atoms with Gasteiger partial charge in [-0.2, -0.15) is 4.98 Å². The molecule has 1 amide bonds. The van der Waals surface area contributed by atoms with Crippen molar-refractivity contribution < 1.29 is 27.9 Å². The van der Waals surface area contributed by atoms with E-state index in [2.05, 4.69) is 10.3 Å². The molecule has 11 heteroatoms. The number of aromatic nitrogens is 2. The number of rotatable bonds is 13. The normalized spacial score (nSPS) is 15.7. The fourth-order valence-electron chi connectivity index (χ4n) is 6.95. The molecule has 2 aromatic carbocycles. The Labute approximate surface area is 280 Å². The molecule has 0 radical (unpaired) electrons. The van der Waals surface area contributed by atoms with Gasteiger partial charge in [-0.25, -0.2) is 18.0 Å². The lowest BCUT2D eigenvalue weighted by Gasteiger charge is -2.42. The molecule has 4 rings (SSSR count). The summed E-state index contributed by atoms with van der Waals surface area (Å²) in [5.41, 5.74) is 2.15. The van der Waals surface area contributed by atoms with Crippen LogP contribution in [0.4, 0.5) is 13.2 Å². The molecule has 0 spiro atoms. The molecule has 1 fully saturated rings. The highest BCUT2D eigenvalue weighted by molar-refractivity contribution is 5.82. The minimum Gasteiger partial charge on any atom is -0.481 e. The van der Waals surface area contributed by atoms with Gasteiger partial charge in [0.1, 0.15) is 23.3 Å². The van der Waals surface area contributed by atoms with E-state index in [0.29, 0.717) is 43.7 Å². The SMILES string of the molecule is CCc1nc(=O)n([C@@H](CC(C)C)C(=O)N[C@@H](CC(=O)O)c2c(F)c(C)cc(-c3c(C)cc(C)cc3C)c2F)cc1CCN1CC(C)(F)C1. The molecule has 0 aliphatic carbocycles. The van der Waals surface area contributed by atoms with E-state index < -0.39 is 58.9 Å².